The van der Waals surface area contributed by atoms with E-state index in [1.165, 1.54) is 17.1 Å². The maximum Gasteiger partial charge on any atom is 0.271 e. The fourth-order valence-electron chi connectivity index (χ4n) is 4.07. The average molecular weight is 459 g/mol. The summed E-state index contributed by atoms with van der Waals surface area (Å²) in [6, 6.07) is 7.70. The standard InChI is InChI=1S/C24H23FN8O/c1-14-5-22(26)30-15(2)19(14)8-28-24(34)21-13-32-11-17-4-3-16(10-33-12-18(25)7-29-33)6-20(17)27-9-23(32)31-21/h3-7,9,12-13H,8,10-11H2,1-2H3,(H2,26,30)(H,28,34). The molecule has 5 rings (SSSR count). The average Bonchev–Trinajstić information content (AvgIpc) is 3.34. The predicted octanol–water partition coefficient (Wildman–Crippen LogP) is 2.90. The number of nitrogens with zero attached hydrogens (tertiary/aromatic N) is 6. The molecule has 0 fully saturated rings. The van der Waals surface area contributed by atoms with Crippen LogP contribution in [0.4, 0.5) is 15.9 Å². The van der Waals surface area contributed by atoms with Crippen molar-refractivity contribution in [2.24, 2.45) is 4.99 Å². The van der Waals surface area contributed by atoms with Gasteiger partial charge in [0, 0.05) is 18.4 Å². The van der Waals surface area contributed by atoms with Crippen LogP contribution < -0.4 is 11.1 Å². The van der Waals surface area contributed by atoms with Gasteiger partial charge in [-0.25, -0.2) is 14.4 Å². The molecule has 4 aromatic rings. The Labute approximate surface area is 195 Å². The fourth-order valence-corrected chi connectivity index (χ4v) is 4.07. The van der Waals surface area contributed by atoms with Crippen molar-refractivity contribution < 1.29 is 9.18 Å². The van der Waals surface area contributed by atoms with Gasteiger partial charge in [-0.05, 0) is 48.2 Å². The summed E-state index contributed by atoms with van der Waals surface area (Å²) in [6.45, 7) is 5.13. The third-order valence-electron chi connectivity index (χ3n) is 5.80. The van der Waals surface area contributed by atoms with Gasteiger partial charge in [-0.3, -0.25) is 14.5 Å². The summed E-state index contributed by atoms with van der Waals surface area (Å²) < 4.78 is 16.6. The zero-order chi connectivity index (χ0) is 23.8. The summed E-state index contributed by atoms with van der Waals surface area (Å²) in [6.07, 6.45) is 5.91. The van der Waals surface area contributed by atoms with Crippen LogP contribution in [0.1, 0.15) is 44.3 Å². The lowest BCUT2D eigenvalue weighted by atomic mass is 10.1. The number of fused-ring (bicyclic) bond motifs is 2. The summed E-state index contributed by atoms with van der Waals surface area (Å²) in [7, 11) is 0. The van der Waals surface area contributed by atoms with Gasteiger partial charge in [0.1, 0.15) is 11.5 Å². The van der Waals surface area contributed by atoms with Crippen molar-refractivity contribution in [2.45, 2.75) is 33.5 Å². The van der Waals surface area contributed by atoms with Gasteiger partial charge in [0.25, 0.3) is 5.91 Å². The van der Waals surface area contributed by atoms with Crippen LogP contribution in [0.25, 0.3) is 0 Å². The summed E-state index contributed by atoms with van der Waals surface area (Å²) in [5.41, 5.74) is 11.6. The van der Waals surface area contributed by atoms with Crippen molar-refractivity contribution in [3.63, 3.8) is 0 Å². The summed E-state index contributed by atoms with van der Waals surface area (Å²) in [5.74, 6) is 0.420. The van der Waals surface area contributed by atoms with Crippen molar-refractivity contribution in [1.29, 1.82) is 0 Å². The molecule has 1 amide bonds. The monoisotopic (exact) mass is 458 g/mol. The number of benzene rings is 1. The van der Waals surface area contributed by atoms with Gasteiger partial charge in [0.2, 0.25) is 0 Å². The molecule has 9 nitrogen and oxygen atoms in total. The minimum Gasteiger partial charge on any atom is -0.384 e. The minimum absolute atomic E-state index is 0.272. The number of carbonyl (C=O) groups excluding carboxylic acids is 1. The molecule has 0 atom stereocenters. The third kappa shape index (κ3) is 4.29. The first-order valence-electron chi connectivity index (χ1n) is 10.8. The second-order valence-electron chi connectivity index (χ2n) is 8.30. The number of rotatable bonds is 5. The Balaban J connectivity index is 1.30. The van der Waals surface area contributed by atoms with Crippen molar-refractivity contribution >= 4 is 23.6 Å². The molecular formula is C24H23FN8O. The van der Waals surface area contributed by atoms with E-state index in [0.29, 0.717) is 37.0 Å². The molecule has 0 aliphatic carbocycles. The minimum atomic E-state index is -0.367. The highest BCUT2D eigenvalue weighted by Gasteiger charge is 2.18. The molecule has 10 heteroatoms. The number of pyridine rings is 1. The Hall–Kier alpha value is -4.34. The molecule has 0 spiro atoms. The Morgan fingerprint density at radius 2 is 2.06 bits per heavy atom. The van der Waals surface area contributed by atoms with Crippen molar-refractivity contribution in [3.05, 3.63) is 88.1 Å². The lowest BCUT2D eigenvalue weighted by Crippen LogP contribution is -2.24. The number of anilines is 1. The highest BCUT2D eigenvalue weighted by molar-refractivity contribution is 5.93. The molecule has 0 saturated carbocycles. The van der Waals surface area contributed by atoms with Crippen LogP contribution >= 0.6 is 0 Å². The van der Waals surface area contributed by atoms with Crippen LogP contribution in [0.3, 0.4) is 0 Å². The van der Waals surface area contributed by atoms with Gasteiger partial charge in [-0.2, -0.15) is 5.10 Å². The molecule has 0 saturated heterocycles. The van der Waals surface area contributed by atoms with Crippen LogP contribution in [0.15, 0.2) is 47.8 Å². The van der Waals surface area contributed by atoms with Crippen molar-refractivity contribution in [3.8, 4) is 0 Å². The quantitative estimate of drug-likeness (QED) is 0.420. The van der Waals surface area contributed by atoms with Gasteiger partial charge in [0.05, 0.1) is 37.4 Å². The summed E-state index contributed by atoms with van der Waals surface area (Å²) in [4.78, 5) is 26.1. The van der Waals surface area contributed by atoms with Gasteiger partial charge >= 0.3 is 0 Å². The molecule has 0 bridgehead atoms. The second-order valence-corrected chi connectivity index (χ2v) is 8.30. The van der Waals surface area contributed by atoms with E-state index < -0.39 is 0 Å². The lowest BCUT2D eigenvalue weighted by Gasteiger charge is -2.11. The van der Waals surface area contributed by atoms with Crippen LogP contribution in [0, 0.1) is 19.7 Å². The van der Waals surface area contributed by atoms with E-state index >= 15 is 0 Å². The smallest absolute Gasteiger partial charge is 0.271 e. The zero-order valence-electron chi connectivity index (χ0n) is 18.8. The maximum atomic E-state index is 13.2. The number of halogens is 1. The van der Waals surface area contributed by atoms with Gasteiger partial charge < -0.3 is 15.6 Å². The van der Waals surface area contributed by atoms with Crippen molar-refractivity contribution in [1.82, 2.24) is 29.6 Å². The highest BCUT2D eigenvalue weighted by Crippen LogP contribution is 2.25. The second kappa shape index (κ2) is 8.54. The molecular weight excluding hydrogens is 435 g/mol. The number of imidazole rings is 1. The number of aliphatic imine (C=N–C) groups is 1. The number of hydrogen-bond donors (Lipinski definition) is 2. The van der Waals surface area contributed by atoms with Crippen LogP contribution in [-0.2, 0) is 19.6 Å². The number of nitrogens with two attached hydrogens (primary N) is 1. The summed E-state index contributed by atoms with van der Waals surface area (Å²) in [5, 5.41) is 6.90. The Morgan fingerprint density at radius 3 is 2.82 bits per heavy atom. The molecule has 0 unspecified atom stereocenters. The molecule has 4 heterocycles. The molecule has 1 aromatic carbocycles. The Kier molecular flexibility index (Phi) is 5.40. The summed E-state index contributed by atoms with van der Waals surface area (Å²) >= 11 is 0. The van der Waals surface area contributed by atoms with Crippen LogP contribution in [0.5, 0.6) is 0 Å². The Morgan fingerprint density at radius 1 is 1.21 bits per heavy atom. The van der Waals surface area contributed by atoms with Gasteiger partial charge in [0.15, 0.2) is 11.6 Å². The van der Waals surface area contributed by atoms with Crippen LogP contribution in [0.2, 0.25) is 0 Å². The molecule has 1 aliphatic heterocycles. The molecule has 0 radical (unpaired) electrons. The SMILES string of the molecule is Cc1cc(N)nc(C)c1CNC(=O)c1cn2c(n1)C=Nc1cc(Cn3cc(F)cn3)ccc1C2. The van der Waals surface area contributed by atoms with E-state index in [0.717, 1.165) is 33.6 Å². The fraction of sp³-hybridized carbons (Fsp3) is 0.208. The topological polar surface area (TPSA) is 116 Å². The van der Waals surface area contributed by atoms with Crippen molar-refractivity contribution in [2.75, 3.05) is 5.73 Å². The first-order valence-corrected chi connectivity index (χ1v) is 10.8. The van der Waals surface area contributed by atoms with Crippen LogP contribution in [-0.4, -0.2) is 36.4 Å². The third-order valence-corrected chi connectivity index (χ3v) is 5.80. The Bertz CT molecular complexity index is 1410. The van der Waals surface area contributed by atoms with E-state index in [9.17, 15) is 9.18 Å². The van der Waals surface area contributed by atoms with Gasteiger partial charge in [-0.15, -0.1) is 0 Å². The zero-order valence-corrected chi connectivity index (χ0v) is 18.8. The maximum absolute atomic E-state index is 13.2. The number of aryl methyl sites for hydroxylation is 2. The van der Waals surface area contributed by atoms with E-state index in [1.54, 1.807) is 18.5 Å². The number of hydrogen-bond acceptors (Lipinski definition) is 6. The van der Waals surface area contributed by atoms with Gasteiger partial charge in [-0.1, -0.05) is 12.1 Å². The molecule has 1 aliphatic rings. The molecule has 172 valence electrons. The largest absolute Gasteiger partial charge is 0.384 e. The number of nitrogen functional groups attached to an aromatic ring is 1. The van der Waals surface area contributed by atoms with E-state index in [1.807, 2.05) is 36.6 Å². The predicted molar refractivity (Wildman–Crippen MR) is 126 cm³/mol. The molecule has 3 N–H and O–H groups in total. The first-order chi connectivity index (χ1) is 16.4. The number of aromatic nitrogens is 5. The normalized spacial score (nSPS) is 12.2. The first kappa shape index (κ1) is 21.5. The van der Waals surface area contributed by atoms with E-state index in [-0.39, 0.29) is 11.7 Å². The highest BCUT2D eigenvalue weighted by atomic mass is 19.1. The number of carbonyl (C=O) groups is 1. The van der Waals surface area contributed by atoms with E-state index in [2.05, 4.69) is 25.4 Å². The van der Waals surface area contributed by atoms with E-state index in [4.69, 9.17) is 5.73 Å². The number of amides is 1. The number of nitrogens with one attached hydrogen (secondary N) is 1. The lowest BCUT2D eigenvalue weighted by molar-refractivity contribution is 0.0946. The molecule has 34 heavy (non-hydrogen) atoms. The molecule has 3 aromatic heterocycles.